The Balaban J connectivity index is 0.000000167. The molecule has 0 radical (unpaired) electrons. The summed E-state index contributed by atoms with van der Waals surface area (Å²) >= 11 is 0. The Morgan fingerprint density at radius 2 is 1.09 bits per heavy atom. The average Bonchev–Trinajstić information content (AvgIpc) is 3.86. The number of ether oxygens (including phenoxy) is 2. The van der Waals surface area contributed by atoms with Crippen molar-refractivity contribution in [3.63, 3.8) is 0 Å². The van der Waals surface area contributed by atoms with E-state index in [9.17, 15) is 38.2 Å². The summed E-state index contributed by atoms with van der Waals surface area (Å²) in [6.07, 6.45) is 11.5. The molecule has 12 heteroatoms. The number of methoxy groups -OCH3 is 2. The van der Waals surface area contributed by atoms with Gasteiger partial charge in [0.05, 0.1) is 25.6 Å². The number of carbonyl (C=O) groups excluding carboxylic acids is 4. The van der Waals surface area contributed by atoms with E-state index in [-0.39, 0.29) is 45.9 Å². The van der Waals surface area contributed by atoms with Crippen LogP contribution in [-0.4, -0.2) is 57.1 Å². The number of halogens is 2. The monoisotopic (exact) mass is 738 g/mol. The van der Waals surface area contributed by atoms with Crippen LogP contribution in [0, 0.1) is 11.6 Å². The fourth-order valence-electron chi connectivity index (χ4n) is 8.63. The van der Waals surface area contributed by atoms with Crippen molar-refractivity contribution in [2.75, 3.05) is 14.2 Å². The highest BCUT2D eigenvalue weighted by molar-refractivity contribution is 6.26. The molecule has 0 bridgehead atoms. The number of fused-ring (bicyclic) bond motifs is 4. The van der Waals surface area contributed by atoms with Gasteiger partial charge in [-0.25, -0.2) is 18.4 Å². The number of aliphatic hydroxyl groups is 2. The number of hydrogen-bond acceptors (Lipinski definition) is 8. The van der Waals surface area contributed by atoms with Gasteiger partial charge < -0.3 is 28.8 Å². The van der Waals surface area contributed by atoms with E-state index in [1.165, 1.54) is 38.5 Å². The lowest BCUT2D eigenvalue weighted by Gasteiger charge is -2.41. The molecule has 0 atom stereocenters. The number of esters is 2. The van der Waals surface area contributed by atoms with Crippen molar-refractivity contribution < 1.29 is 47.6 Å². The molecule has 2 aliphatic heterocycles. The van der Waals surface area contributed by atoms with Crippen LogP contribution in [0.1, 0.15) is 75.6 Å². The van der Waals surface area contributed by atoms with Crippen LogP contribution in [0.5, 0.6) is 0 Å². The number of benzene rings is 2. The number of aliphatic hydroxyl groups excluding tert-OH is 2. The maximum absolute atomic E-state index is 13.3. The molecule has 2 aromatic heterocycles. The Hall–Kier alpha value is -5.78. The maximum atomic E-state index is 13.3. The first-order valence-corrected chi connectivity index (χ1v) is 18.1. The van der Waals surface area contributed by atoms with E-state index < -0.39 is 23.0 Å². The number of nitrogens with zero attached hydrogens (tertiary/aromatic N) is 2. The molecule has 0 unspecified atom stereocenters. The normalized spacial score (nSPS) is 18.5. The van der Waals surface area contributed by atoms with Gasteiger partial charge >= 0.3 is 11.9 Å². The molecule has 2 aromatic carbocycles. The zero-order chi connectivity index (χ0) is 38.4. The van der Waals surface area contributed by atoms with Gasteiger partial charge in [-0.2, -0.15) is 0 Å². The summed E-state index contributed by atoms with van der Waals surface area (Å²) in [5.74, 6) is -3.87. The molecule has 4 heterocycles. The fourth-order valence-corrected chi connectivity index (χ4v) is 8.63. The first-order chi connectivity index (χ1) is 26.0. The minimum Gasteiger partial charge on any atom is -0.505 e. The van der Waals surface area contributed by atoms with Crippen molar-refractivity contribution in [2.45, 2.75) is 75.3 Å². The minimum atomic E-state index is -0.887. The van der Waals surface area contributed by atoms with Crippen LogP contribution in [-0.2, 0) is 39.7 Å². The van der Waals surface area contributed by atoms with E-state index in [1.807, 2.05) is 6.20 Å². The third kappa shape index (κ3) is 5.84. The van der Waals surface area contributed by atoms with Crippen molar-refractivity contribution in [1.29, 1.82) is 0 Å². The van der Waals surface area contributed by atoms with Crippen molar-refractivity contribution >= 4 is 35.0 Å². The molecule has 8 rings (SSSR count). The topological polar surface area (TPSA) is 137 Å². The average molecular weight is 739 g/mol. The SMILES string of the molecule is COC(=O)C1=C(O)c2c(-c3ccc(F)cc3)ccn2C2(CCCCC2)C1=O.COC(=O)C1=C(O)c2cc(-c3ccc(F)cc3)cn2C2(CCCCC2)C1=O. The molecule has 0 amide bonds. The Morgan fingerprint density at radius 1 is 0.630 bits per heavy atom. The lowest BCUT2D eigenvalue weighted by Crippen LogP contribution is -2.48. The number of carbonyl (C=O) groups is 4. The van der Waals surface area contributed by atoms with Gasteiger partial charge in [0, 0.05) is 23.5 Å². The Bertz CT molecular complexity index is 2200. The van der Waals surface area contributed by atoms with Gasteiger partial charge in [0.15, 0.2) is 23.1 Å². The van der Waals surface area contributed by atoms with Crippen molar-refractivity contribution in [1.82, 2.24) is 9.13 Å². The molecule has 2 fully saturated rings. The van der Waals surface area contributed by atoms with Crippen molar-refractivity contribution in [3.05, 3.63) is 107 Å². The summed E-state index contributed by atoms with van der Waals surface area (Å²) < 4.78 is 39.7. The summed E-state index contributed by atoms with van der Waals surface area (Å²) in [4.78, 5) is 51.1. The van der Waals surface area contributed by atoms with E-state index in [0.29, 0.717) is 48.2 Å². The molecule has 10 nitrogen and oxygen atoms in total. The largest absolute Gasteiger partial charge is 0.505 e. The standard InChI is InChI=1S/2C21H20FNO4/c1-27-20(26)16-18(24)17-15(13-5-7-14(22)8-6-13)9-12-23(17)21(19(16)25)10-3-2-4-11-21;1-27-20(26)17-18(24)16-11-14(13-5-7-15(22)8-6-13)12-23(16)21(19(17)25)9-3-2-4-10-21/h5-9,12,24H,2-4,10-11H2,1H3;5-8,11-12,24H,2-4,9-10H2,1H3. The zero-order valence-electron chi connectivity index (χ0n) is 30.0. The van der Waals surface area contributed by atoms with Crippen molar-refractivity contribution in [2.24, 2.45) is 0 Å². The predicted octanol–water partition coefficient (Wildman–Crippen LogP) is 7.96. The highest BCUT2D eigenvalue weighted by Gasteiger charge is 2.52. The highest BCUT2D eigenvalue weighted by atomic mass is 19.1. The lowest BCUT2D eigenvalue weighted by molar-refractivity contribution is -0.141. The number of Topliss-reactive ketones (excluding diaryl/α,β-unsaturated/α-hetero) is 2. The summed E-state index contributed by atoms with van der Waals surface area (Å²) in [5, 5.41) is 21.5. The highest BCUT2D eigenvalue weighted by Crippen LogP contribution is 2.48. The van der Waals surface area contributed by atoms with Gasteiger partial charge in [0.1, 0.15) is 33.9 Å². The quantitative estimate of drug-likeness (QED) is 0.159. The molecule has 54 heavy (non-hydrogen) atoms. The Morgan fingerprint density at radius 3 is 1.59 bits per heavy atom. The summed E-state index contributed by atoms with van der Waals surface area (Å²) in [7, 11) is 2.39. The molecule has 2 aliphatic carbocycles. The number of rotatable bonds is 4. The Labute approximate surface area is 310 Å². The van der Waals surface area contributed by atoms with E-state index in [4.69, 9.17) is 9.47 Å². The second kappa shape index (κ2) is 14.2. The summed E-state index contributed by atoms with van der Waals surface area (Å²) in [6.45, 7) is 0. The molecule has 2 spiro atoms. The maximum Gasteiger partial charge on any atom is 0.345 e. The molecule has 2 N–H and O–H groups in total. The Kier molecular flexibility index (Phi) is 9.63. The van der Waals surface area contributed by atoms with Crippen LogP contribution in [0.25, 0.3) is 33.8 Å². The molecule has 0 saturated heterocycles. The second-order valence-corrected chi connectivity index (χ2v) is 14.2. The van der Waals surface area contributed by atoms with E-state index >= 15 is 0 Å². The molecular formula is C42H40F2N2O8. The van der Waals surface area contributed by atoms with Gasteiger partial charge in [-0.15, -0.1) is 0 Å². The predicted molar refractivity (Wildman–Crippen MR) is 195 cm³/mol. The van der Waals surface area contributed by atoms with Gasteiger partial charge in [-0.1, -0.05) is 62.8 Å². The third-order valence-electron chi connectivity index (χ3n) is 11.3. The minimum absolute atomic E-state index is 0.282. The van der Waals surface area contributed by atoms with Crippen LogP contribution in [0.15, 0.2) is 84.2 Å². The number of ketones is 2. The van der Waals surface area contributed by atoms with E-state index in [2.05, 4.69) is 0 Å². The van der Waals surface area contributed by atoms with Crippen LogP contribution in [0.3, 0.4) is 0 Å². The first-order valence-electron chi connectivity index (χ1n) is 18.1. The van der Waals surface area contributed by atoms with Crippen LogP contribution in [0.4, 0.5) is 8.78 Å². The van der Waals surface area contributed by atoms with E-state index in [0.717, 1.165) is 49.7 Å². The lowest BCUT2D eigenvalue weighted by atomic mass is 9.73. The van der Waals surface area contributed by atoms with Crippen molar-refractivity contribution in [3.8, 4) is 22.3 Å². The molecule has 280 valence electrons. The second-order valence-electron chi connectivity index (χ2n) is 14.2. The first kappa shape index (κ1) is 36.6. The zero-order valence-corrected chi connectivity index (χ0v) is 30.0. The van der Waals surface area contributed by atoms with Gasteiger partial charge in [0.25, 0.3) is 0 Å². The molecular weight excluding hydrogens is 698 g/mol. The molecule has 4 aliphatic rings. The van der Waals surface area contributed by atoms with Gasteiger partial charge in [-0.3, -0.25) is 9.59 Å². The van der Waals surface area contributed by atoms with Gasteiger partial charge in [0.2, 0.25) is 0 Å². The molecule has 4 aromatic rings. The van der Waals surface area contributed by atoms with Crippen LogP contribution < -0.4 is 0 Å². The van der Waals surface area contributed by atoms with Gasteiger partial charge in [-0.05, 0) is 73.2 Å². The van der Waals surface area contributed by atoms with E-state index in [1.54, 1.807) is 51.7 Å². The fraction of sp³-hybridized carbons (Fsp3) is 0.333. The van der Waals surface area contributed by atoms with Crippen LogP contribution >= 0.6 is 0 Å². The third-order valence-corrected chi connectivity index (χ3v) is 11.3. The number of hydrogen-bond donors (Lipinski definition) is 2. The summed E-state index contributed by atoms with van der Waals surface area (Å²) in [5.41, 5.74) is 1.32. The smallest absolute Gasteiger partial charge is 0.345 e. The molecule has 2 saturated carbocycles. The van der Waals surface area contributed by atoms with Crippen LogP contribution in [0.2, 0.25) is 0 Å². The number of aromatic nitrogens is 2. The summed E-state index contributed by atoms with van der Waals surface area (Å²) in [6, 6.07) is 15.4.